The molecule has 1 aromatic rings. The first-order chi connectivity index (χ1) is 5.65. The van der Waals surface area contributed by atoms with Gasteiger partial charge in [-0.3, -0.25) is 0 Å². The lowest BCUT2D eigenvalue weighted by molar-refractivity contribution is -0.730. The van der Waals surface area contributed by atoms with Gasteiger partial charge in [0.25, 0.3) is 4.92 Å². The summed E-state index contributed by atoms with van der Waals surface area (Å²) in [5.41, 5.74) is -0.252. The van der Waals surface area contributed by atoms with Gasteiger partial charge in [0, 0.05) is 0 Å². The van der Waals surface area contributed by atoms with Crippen molar-refractivity contribution in [2.24, 2.45) is 0 Å². The van der Waals surface area contributed by atoms with Crippen LogP contribution in [0.25, 0.3) is 0 Å². The fourth-order valence-corrected chi connectivity index (χ4v) is 0.813. The predicted molar refractivity (Wildman–Crippen MR) is 38.0 cm³/mol. The number of rotatable bonds is 2. The van der Waals surface area contributed by atoms with E-state index in [2.05, 4.69) is 0 Å². The van der Waals surface area contributed by atoms with Crippen LogP contribution < -0.4 is 4.74 Å². The molecule has 0 aliphatic heterocycles. The molecule has 0 fully saturated rings. The van der Waals surface area contributed by atoms with Gasteiger partial charge in [0.15, 0.2) is 0 Å². The number of nitrogens with zero attached hydrogens (tertiary/aromatic N) is 1. The van der Waals surface area contributed by atoms with Crippen LogP contribution in [-0.2, 0) is 0 Å². The van der Waals surface area contributed by atoms with E-state index in [0.29, 0.717) is 0 Å². The third kappa shape index (κ3) is 1.50. The Bertz CT molecular complexity index is 314. The van der Waals surface area contributed by atoms with E-state index < -0.39 is 10.7 Å². The zero-order valence-electron chi connectivity index (χ0n) is 6.32. The van der Waals surface area contributed by atoms with Crippen molar-refractivity contribution in [1.29, 1.82) is 0 Å². The third-order valence-corrected chi connectivity index (χ3v) is 1.35. The highest BCUT2D eigenvalue weighted by Gasteiger charge is 2.19. The van der Waals surface area contributed by atoms with Gasteiger partial charge in [-0.05, 0) is 12.1 Å². The largest absolute Gasteiger partial charge is 0.490 e. The van der Waals surface area contributed by atoms with E-state index in [1.165, 1.54) is 13.2 Å². The van der Waals surface area contributed by atoms with Crippen LogP contribution >= 0.6 is 0 Å². The van der Waals surface area contributed by atoms with Gasteiger partial charge in [-0.25, -0.2) is 9.60 Å². The number of hydrogen-bond acceptors (Lipinski definition) is 2. The summed E-state index contributed by atoms with van der Waals surface area (Å²) in [6.45, 7) is 0. The average molecular weight is 172 g/mol. The van der Waals surface area contributed by atoms with Crippen LogP contribution in [0.1, 0.15) is 0 Å². The minimum absolute atomic E-state index is 0.119. The Labute approximate surface area is 67.7 Å². The van der Waals surface area contributed by atoms with Crippen molar-refractivity contribution in [3.63, 3.8) is 0 Å². The van der Waals surface area contributed by atoms with E-state index in [1.807, 2.05) is 0 Å². The fraction of sp³-hybridized carbons (Fsp3) is 0.143. The molecule has 0 unspecified atom stereocenters. The molecule has 0 spiro atoms. The molecule has 0 heterocycles. The summed E-state index contributed by atoms with van der Waals surface area (Å²) in [7, 11) is 1.32. The van der Waals surface area contributed by atoms with Crippen molar-refractivity contribution in [1.82, 2.24) is 0 Å². The van der Waals surface area contributed by atoms with Gasteiger partial charge in [-0.1, -0.05) is 0 Å². The second kappa shape index (κ2) is 3.17. The molecule has 1 aromatic carbocycles. The molecule has 1 rings (SSSR count). The van der Waals surface area contributed by atoms with Gasteiger partial charge in [0.05, 0.1) is 18.1 Å². The Hall–Kier alpha value is -1.65. The smallest absolute Gasteiger partial charge is 0.360 e. The van der Waals surface area contributed by atoms with Crippen LogP contribution in [0.2, 0.25) is 0 Å². The molecule has 0 saturated heterocycles. The van der Waals surface area contributed by atoms with Crippen molar-refractivity contribution < 1.29 is 19.3 Å². The quantitative estimate of drug-likeness (QED) is 0.690. The van der Waals surface area contributed by atoms with Gasteiger partial charge >= 0.3 is 5.69 Å². The molecule has 0 radical (unpaired) electrons. The molecule has 0 aliphatic rings. The van der Waals surface area contributed by atoms with E-state index in [4.69, 9.17) is 9.94 Å². The van der Waals surface area contributed by atoms with Crippen molar-refractivity contribution in [2.45, 2.75) is 0 Å². The number of halogens is 1. The summed E-state index contributed by atoms with van der Waals surface area (Å²) in [5.74, 6) is -0.491. The summed E-state index contributed by atoms with van der Waals surface area (Å²) < 4.78 is 17.2. The van der Waals surface area contributed by atoms with Crippen LogP contribution in [0.5, 0.6) is 5.75 Å². The van der Waals surface area contributed by atoms with Gasteiger partial charge in [-0.15, -0.1) is 0 Å². The third-order valence-electron chi connectivity index (χ3n) is 1.35. The highest BCUT2D eigenvalue weighted by atomic mass is 19.1. The Morgan fingerprint density at radius 3 is 2.75 bits per heavy atom. The molecule has 1 N–H and O–H groups in total. The molecule has 0 saturated carbocycles. The zero-order valence-corrected chi connectivity index (χ0v) is 6.32. The maximum atomic E-state index is 12.5. The van der Waals surface area contributed by atoms with E-state index >= 15 is 0 Å². The first-order valence-electron chi connectivity index (χ1n) is 3.15. The standard InChI is InChI=1S/C7H7FNO3/c1-12-7-3-2-5(8)4-6(7)9(10)11/h2-4H,1H3,(H,10,11)/q+1. The van der Waals surface area contributed by atoms with Crippen molar-refractivity contribution in [2.75, 3.05) is 7.11 Å². The second-order valence-electron chi connectivity index (χ2n) is 2.09. The van der Waals surface area contributed by atoms with Gasteiger partial charge < -0.3 is 4.74 Å². The van der Waals surface area contributed by atoms with E-state index in [-0.39, 0.29) is 11.4 Å². The highest BCUT2D eigenvalue weighted by molar-refractivity contribution is 5.45. The minimum Gasteiger partial charge on any atom is -0.490 e. The first-order valence-corrected chi connectivity index (χ1v) is 3.15. The van der Waals surface area contributed by atoms with E-state index in [9.17, 15) is 9.30 Å². The molecule has 5 heteroatoms. The van der Waals surface area contributed by atoms with Crippen molar-refractivity contribution in [3.05, 3.63) is 28.9 Å². The molecule has 0 amide bonds. The Morgan fingerprint density at radius 2 is 2.25 bits per heavy atom. The monoisotopic (exact) mass is 172 g/mol. The molecule has 12 heavy (non-hydrogen) atoms. The summed E-state index contributed by atoms with van der Waals surface area (Å²) in [6.07, 6.45) is 0. The maximum Gasteiger partial charge on any atom is 0.360 e. The average Bonchev–Trinajstić information content (AvgIpc) is 2.04. The lowest BCUT2D eigenvalue weighted by Crippen LogP contribution is -1.96. The maximum absolute atomic E-state index is 12.5. The molecule has 0 atom stereocenters. The lowest BCUT2D eigenvalue weighted by Gasteiger charge is -1.96. The number of ether oxygens (including phenoxy) is 1. The molecule has 0 aliphatic carbocycles. The predicted octanol–water partition coefficient (Wildman–Crippen LogP) is 1.63. The van der Waals surface area contributed by atoms with Crippen LogP contribution in [0.3, 0.4) is 0 Å². The van der Waals surface area contributed by atoms with Crippen molar-refractivity contribution in [3.8, 4) is 5.75 Å². The molecule has 64 valence electrons. The molecule has 4 nitrogen and oxygen atoms in total. The summed E-state index contributed by atoms with van der Waals surface area (Å²) in [4.78, 5) is 9.96. The van der Waals surface area contributed by atoms with Gasteiger partial charge in [-0.2, -0.15) is 0 Å². The normalized spacial score (nSPS) is 9.50. The van der Waals surface area contributed by atoms with Crippen molar-refractivity contribution >= 4 is 5.69 Å². The highest BCUT2D eigenvalue weighted by Crippen LogP contribution is 2.26. The zero-order chi connectivity index (χ0) is 9.14. The fourth-order valence-electron chi connectivity index (χ4n) is 0.813. The van der Waals surface area contributed by atoms with E-state index in [0.717, 1.165) is 12.1 Å². The summed E-state index contributed by atoms with van der Waals surface area (Å²) in [5, 5.41) is 8.49. The van der Waals surface area contributed by atoms with Crippen LogP contribution in [0, 0.1) is 10.7 Å². The molecule has 0 aromatic heterocycles. The van der Waals surface area contributed by atoms with E-state index in [1.54, 1.807) is 0 Å². The summed E-state index contributed by atoms with van der Waals surface area (Å²) in [6, 6.07) is 3.27. The Balaban J connectivity index is 3.21. The number of hydrogen-bond donors (Lipinski definition) is 1. The SMILES string of the molecule is COc1ccc(F)cc1[N+](=O)O. The minimum atomic E-state index is -0.610. The topological polar surface area (TPSA) is 49.5 Å². The molecular weight excluding hydrogens is 165 g/mol. The summed E-state index contributed by atoms with van der Waals surface area (Å²) >= 11 is 0. The second-order valence-corrected chi connectivity index (χ2v) is 2.09. The Kier molecular flexibility index (Phi) is 2.23. The van der Waals surface area contributed by atoms with Gasteiger partial charge in [0.1, 0.15) is 5.82 Å². The van der Waals surface area contributed by atoms with Crippen LogP contribution in [0.4, 0.5) is 10.1 Å². The van der Waals surface area contributed by atoms with Crippen LogP contribution in [0.15, 0.2) is 18.2 Å². The first kappa shape index (κ1) is 8.45. The number of benzene rings is 1. The molecular formula is C7H7FNO3+. The molecule has 0 bridgehead atoms. The number of methoxy groups -OCH3 is 1. The lowest BCUT2D eigenvalue weighted by atomic mass is 10.3. The Morgan fingerprint density at radius 1 is 1.58 bits per heavy atom. The van der Waals surface area contributed by atoms with Crippen LogP contribution in [-0.4, -0.2) is 17.2 Å². The van der Waals surface area contributed by atoms with Gasteiger partial charge in [0.2, 0.25) is 5.75 Å².